The van der Waals surface area contributed by atoms with Crippen molar-refractivity contribution in [3.05, 3.63) is 36.0 Å². The number of rotatable bonds is 2. The molecule has 5 nitrogen and oxygen atoms in total. The van der Waals surface area contributed by atoms with Gasteiger partial charge in [0.1, 0.15) is 0 Å². The molecule has 2 heterocycles. The zero-order valence-corrected chi connectivity index (χ0v) is 15.0. The van der Waals surface area contributed by atoms with Gasteiger partial charge in [-0.2, -0.15) is 0 Å². The van der Waals surface area contributed by atoms with Crippen LogP contribution < -0.4 is 0 Å². The first-order valence-corrected chi connectivity index (χ1v) is 8.46. The van der Waals surface area contributed by atoms with Crippen molar-refractivity contribution in [1.82, 2.24) is 9.47 Å². The number of piperidine rings is 1. The molecule has 2 aromatic rings. The van der Waals surface area contributed by atoms with Crippen LogP contribution in [0, 0.1) is 12.8 Å². The molecule has 0 saturated carbocycles. The molecule has 1 fully saturated rings. The number of hydrogen-bond donors (Lipinski definition) is 1. The molecule has 5 heteroatoms. The highest BCUT2D eigenvalue weighted by atomic mass is 16.4. The molecule has 0 aliphatic carbocycles. The monoisotopic (exact) mass is 332 g/mol. The number of carbonyl (C=O) groups excluding carboxylic acids is 1. The maximum atomic E-state index is 10.4. The molecule has 0 atom stereocenters. The molecule has 0 spiro atoms. The molecule has 1 N–H and O–H groups in total. The Morgan fingerprint density at radius 1 is 1.21 bits per heavy atom. The topological polar surface area (TPSA) is 62.5 Å². The molecular formula is C19H28N2O3. The lowest BCUT2D eigenvalue weighted by Crippen LogP contribution is -2.35. The molecule has 1 saturated heterocycles. The molecule has 24 heavy (non-hydrogen) atoms. The number of benzene rings is 1. The van der Waals surface area contributed by atoms with Gasteiger partial charge in [-0.1, -0.05) is 32.0 Å². The maximum absolute atomic E-state index is 10.4. The van der Waals surface area contributed by atoms with Gasteiger partial charge in [-0.05, 0) is 37.3 Å². The van der Waals surface area contributed by atoms with Crippen LogP contribution in [0.15, 0.2) is 30.3 Å². The quantitative estimate of drug-likeness (QED) is 0.857. The third-order valence-corrected chi connectivity index (χ3v) is 4.22. The lowest BCUT2D eigenvalue weighted by atomic mass is 9.98. The van der Waals surface area contributed by atoms with Crippen LogP contribution in [0.4, 0.5) is 0 Å². The molecule has 3 rings (SSSR count). The van der Waals surface area contributed by atoms with E-state index in [4.69, 9.17) is 5.11 Å². The minimum Gasteiger partial charge on any atom is -0.481 e. The van der Waals surface area contributed by atoms with Crippen LogP contribution in [0.3, 0.4) is 0 Å². The Hall–Kier alpha value is -2.30. The van der Waals surface area contributed by atoms with Crippen LogP contribution in [0.1, 0.15) is 32.4 Å². The van der Waals surface area contributed by atoms with E-state index in [1.54, 1.807) is 4.90 Å². The van der Waals surface area contributed by atoms with Crippen LogP contribution in [0.25, 0.3) is 10.9 Å². The predicted molar refractivity (Wildman–Crippen MR) is 97.0 cm³/mol. The van der Waals surface area contributed by atoms with E-state index in [0.717, 1.165) is 6.41 Å². The highest BCUT2D eigenvalue weighted by Gasteiger charge is 2.23. The number of carbonyl (C=O) groups is 2. The Morgan fingerprint density at radius 2 is 1.79 bits per heavy atom. The number of carboxylic acid groups (broad SMARTS) is 1. The zero-order valence-electron chi connectivity index (χ0n) is 15.0. The van der Waals surface area contributed by atoms with Crippen molar-refractivity contribution in [3.63, 3.8) is 0 Å². The van der Waals surface area contributed by atoms with Crippen LogP contribution in [-0.2, 0) is 16.6 Å². The molecule has 1 aliphatic heterocycles. The van der Waals surface area contributed by atoms with E-state index in [1.165, 1.54) is 16.6 Å². The van der Waals surface area contributed by atoms with Crippen molar-refractivity contribution in [2.75, 3.05) is 13.1 Å². The van der Waals surface area contributed by atoms with Crippen LogP contribution in [-0.4, -0.2) is 40.0 Å². The summed E-state index contributed by atoms with van der Waals surface area (Å²) in [5, 5.41) is 9.92. The number of nitrogens with zero attached hydrogens (tertiary/aromatic N) is 2. The molecule has 0 bridgehead atoms. The lowest BCUT2D eigenvalue weighted by Gasteiger charge is -2.26. The van der Waals surface area contributed by atoms with Crippen LogP contribution >= 0.6 is 0 Å². The number of fused-ring (bicyclic) bond motifs is 1. The molecule has 1 aromatic heterocycles. The van der Waals surface area contributed by atoms with Gasteiger partial charge in [-0.25, -0.2) is 0 Å². The third kappa shape index (κ3) is 5.11. The average molecular weight is 332 g/mol. The summed E-state index contributed by atoms with van der Waals surface area (Å²) in [5.41, 5.74) is 2.62. The fourth-order valence-corrected chi connectivity index (χ4v) is 2.68. The number of aromatic nitrogens is 1. The summed E-state index contributed by atoms with van der Waals surface area (Å²) in [5.74, 6) is -0.984. The van der Waals surface area contributed by atoms with Gasteiger partial charge in [0, 0.05) is 31.3 Å². The number of likely N-dealkylation sites (tertiary alicyclic amines) is 1. The first-order valence-electron chi connectivity index (χ1n) is 8.46. The van der Waals surface area contributed by atoms with Crippen molar-refractivity contribution in [1.29, 1.82) is 0 Å². The maximum Gasteiger partial charge on any atom is 0.306 e. The van der Waals surface area contributed by atoms with Crippen LogP contribution in [0.2, 0.25) is 0 Å². The van der Waals surface area contributed by atoms with Crippen molar-refractivity contribution < 1.29 is 14.7 Å². The fraction of sp³-hybridized carbons (Fsp3) is 0.474. The summed E-state index contributed by atoms with van der Waals surface area (Å²) in [6.07, 6.45) is 1.96. The fourth-order valence-electron chi connectivity index (χ4n) is 2.68. The van der Waals surface area contributed by atoms with Gasteiger partial charge >= 0.3 is 5.97 Å². The second kappa shape index (κ2) is 9.75. The molecule has 0 unspecified atom stereocenters. The van der Waals surface area contributed by atoms with E-state index in [2.05, 4.69) is 48.9 Å². The Balaban J connectivity index is 0.000000218. The van der Waals surface area contributed by atoms with Gasteiger partial charge in [-0.3, -0.25) is 9.59 Å². The van der Waals surface area contributed by atoms with Crippen molar-refractivity contribution >= 4 is 23.3 Å². The summed E-state index contributed by atoms with van der Waals surface area (Å²) < 4.78 is 2.20. The Kier molecular flexibility index (Phi) is 8.02. The van der Waals surface area contributed by atoms with E-state index >= 15 is 0 Å². The van der Waals surface area contributed by atoms with E-state index in [-0.39, 0.29) is 5.92 Å². The van der Waals surface area contributed by atoms with Gasteiger partial charge in [0.05, 0.1) is 5.92 Å². The summed E-state index contributed by atoms with van der Waals surface area (Å²) >= 11 is 0. The number of para-hydroxylation sites is 1. The number of aryl methyl sites for hydroxylation is 2. The molecule has 132 valence electrons. The molecule has 1 amide bonds. The second-order valence-electron chi connectivity index (χ2n) is 5.66. The minimum absolute atomic E-state index is 0.244. The normalized spacial score (nSPS) is 14.2. The van der Waals surface area contributed by atoms with Gasteiger partial charge in [0.15, 0.2) is 0 Å². The van der Waals surface area contributed by atoms with Gasteiger partial charge in [0.25, 0.3) is 0 Å². The summed E-state index contributed by atoms with van der Waals surface area (Å²) in [6, 6.07) is 10.6. The van der Waals surface area contributed by atoms with Crippen molar-refractivity contribution in [2.24, 2.45) is 13.0 Å². The lowest BCUT2D eigenvalue weighted by molar-refractivity contribution is -0.144. The predicted octanol–water partition coefficient (Wildman–Crippen LogP) is 3.45. The number of aliphatic carboxylic acids is 1. The zero-order chi connectivity index (χ0) is 18.1. The molecular weight excluding hydrogens is 304 g/mol. The van der Waals surface area contributed by atoms with Gasteiger partial charge < -0.3 is 14.6 Å². The highest BCUT2D eigenvalue weighted by Crippen LogP contribution is 2.17. The summed E-state index contributed by atoms with van der Waals surface area (Å²) in [4.78, 5) is 22.3. The van der Waals surface area contributed by atoms with Crippen LogP contribution in [0.5, 0.6) is 0 Å². The van der Waals surface area contributed by atoms with E-state index in [0.29, 0.717) is 25.9 Å². The van der Waals surface area contributed by atoms with E-state index < -0.39 is 5.97 Å². The molecule has 1 aromatic carbocycles. The molecule has 1 aliphatic rings. The highest BCUT2D eigenvalue weighted by molar-refractivity contribution is 5.81. The van der Waals surface area contributed by atoms with Crippen molar-refractivity contribution in [2.45, 2.75) is 33.6 Å². The molecule has 0 radical (unpaired) electrons. The van der Waals surface area contributed by atoms with Gasteiger partial charge in [0.2, 0.25) is 6.41 Å². The van der Waals surface area contributed by atoms with E-state index in [9.17, 15) is 9.59 Å². The number of amides is 1. The standard InChI is InChI=1S/C10H11N.C7H11NO3.C2H6/c1-8-7-9-5-3-4-6-10(9)11(8)2;9-5-8-3-1-6(2-4-8)7(10)11;1-2/h3-7H,1-2H3;5-6H,1-4H2,(H,10,11);1-2H3. The summed E-state index contributed by atoms with van der Waals surface area (Å²) in [6.45, 7) is 7.29. The summed E-state index contributed by atoms with van der Waals surface area (Å²) in [7, 11) is 2.09. The third-order valence-electron chi connectivity index (χ3n) is 4.22. The van der Waals surface area contributed by atoms with Crippen molar-refractivity contribution in [3.8, 4) is 0 Å². The first kappa shape index (κ1) is 19.7. The first-order chi connectivity index (χ1) is 11.5. The largest absolute Gasteiger partial charge is 0.481 e. The SMILES string of the molecule is CC.Cc1cc2ccccc2n1C.O=CN1CCC(C(=O)O)CC1. The Bertz CT molecular complexity index is 656. The second-order valence-corrected chi connectivity index (χ2v) is 5.66. The average Bonchev–Trinajstić information content (AvgIpc) is 2.92. The number of hydrogen-bond acceptors (Lipinski definition) is 2. The smallest absolute Gasteiger partial charge is 0.306 e. The Labute approximate surface area is 143 Å². The number of carboxylic acids is 1. The minimum atomic E-state index is -0.740. The Morgan fingerprint density at radius 3 is 2.29 bits per heavy atom. The van der Waals surface area contributed by atoms with E-state index in [1.807, 2.05) is 13.8 Å². The van der Waals surface area contributed by atoms with Gasteiger partial charge in [-0.15, -0.1) is 0 Å².